The molecule has 4 heteroatoms. The van der Waals surface area contributed by atoms with Crippen LogP contribution in [0.2, 0.25) is 0 Å². The molecule has 5 aromatic carbocycles. The van der Waals surface area contributed by atoms with E-state index in [4.69, 9.17) is 19.9 Å². The minimum Gasteiger partial charge on any atom is -0.279 e. The van der Waals surface area contributed by atoms with Gasteiger partial charge in [0.05, 0.1) is 22.6 Å². The van der Waals surface area contributed by atoms with Crippen molar-refractivity contribution in [1.82, 2.24) is 15.0 Å². The predicted octanol–water partition coefficient (Wildman–Crippen LogP) is 10.7. The van der Waals surface area contributed by atoms with Gasteiger partial charge in [-0.1, -0.05) is 109 Å². The lowest BCUT2D eigenvalue weighted by Gasteiger charge is -2.37. The van der Waals surface area contributed by atoms with Gasteiger partial charge >= 0.3 is 0 Å². The molecule has 0 fully saturated rings. The van der Waals surface area contributed by atoms with Gasteiger partial charge in [-0.2, -0.15) is 0 Å². The van der Waals surface area contributed by atoms with E-state index in [1.54, 1.807) is 0 Å². The third-order valence-electron chi connectivity index (χ3n) is 10.4. The zero-order chi connectivity index (χ0) is 32.5. The molecule has 230 valence electrons. The van der Waals surface area contributed by atoms with Crippen molar-refractivity contribution in [1.29, 1.82) is 0 Å². The van der Waals surface area contributed by atoms with E-state index in [9.17, 15) is 0 Å². The van der Waals surface area contributed by atoms with Crippen LogP contribution in [0, 0.1) is 5.92 Å². The van der Waals surface area contributed by atoms with Gasteiger partial charge in [0, 0.05) is 62.9 Å². The number of hydrogen-bond donors (Lipinski definition) is 0. The summed E-state index contributed by atoms with van der Waals surface area (Å²) in [7, 11) is 0. The van der Waals surface area contributed by atoms with Gasteiger partial charge < -0.3 is 0 Å². The van der Waals surface area contributed by atoms with Gasteiger partial charge in [-0.05, 0) is 64.4 Å². The number of allylic oxidation sites excluding steroid dienone is 1. The van der Waals surface area contributed by atoms with Crippen LogP contribution >= 0.6 is 0 Å². The van der Waals surface area contributed by atoms with Crippen LogP contribution in [0.1, 0.15) is 23.7 Å². The Labute approximate surface area is 283 Å². The molecule has 8 aromatic rings. The van der Waals surface area contributed by atoms with Crippen molar-refractivity contribution in [2.24, 2.45) is 10.9 Å². The fraction of sp³-hybridized carbons (Fsp3) is 0.0667. The molecule has 0 N–H and O–H groups in total. The molecule has 0 amide bonds. The summed E-state index contributed by atoms with van der Waals surface area (Å²) in [5.74, 6) is 0.128. The van der Waals surface area contributed by atoms with Crippen LogP contribution in [-0.2, 0) is 5.54 Å². The predicted molar refractivity (Wildman–Crippen MR) is 203 cm³/mol. The first-order valence-electron chi connectivity index (χ1n) is 16.8. The minimum atomic E-state index is -0.402. The van der Waals surface area contributed by atoms with Crippen LogP contribution < -0.4 is 0 Å². The average molecular weight is 627 g/mol. The molecule has 0 bridgehead atoms. The number of rotatable bonds is 3. The Balaban J connectivity index is 1.12. The van der Waals surface area contributed by atoms with E-state index in [-0.39, 0.29) is 5.92 Å². The molecular weight excluding hydrogens is 597 g/mol. The van der Waals surface area contributed by atoms with E-state index in [0.717, 1.165) is 50.4 Å². The Kier molecular flexibility index (Phi) is 6.03. The average Bonchev–Trinajstić information content (AvgIpc) is 3.17. The molecular formula is C45H30N4. The van der Waals surface area contributed by atoms with Gasteiger partial charge in [-0.15, -0.1) is 0 Å². The lowest BCUT2D eigenvalue weighted by atomic mass is 9.72. The topological polar surface area (TPSA) is 51.0 Å². The number of pyridine rings is 3. The molecule has 4 heterocycles. The van der Waals surface area contributed by atoms with Crippen molar-refractivity contribution < 1.29 is 0 Å². The maximum absolute atomic E-state index is 5.35. The molecule has 0 spiro atoms. The fourth-order valence-electron chi connectivity index (χ4n) is 8.01. The largest absolute Gasteiger partial charge is 0.279 e. The summed E-state index contributed by atoms with van der Waals surface area (Å²) >= 11 is 0. The summed E-state index contributed by atoms with van der Waals surface area (Å²) in [5.41, 5.74) is 8.94. The zero-order valence-corrected chi connectivity index (χ0v) is 26.9. The first kappa shape index (κ1) is 27.8. The van der Waals surface area contributed by atoms with E-state index in [2.05, 4.69) is 134 Å². The highest BCUT2D eigenvalue weighted by Crippen LogP contribution is 2.47. The number of para-hydroxylation sites is 1. The van der Waals surface area contributed by atoms with Crippen molar-refractivity contribution in [3.63, 3.8) is 0 Å². The van der Waals surface area contributed by atoms with Crippen molar-refractivity contribution >= 4 is 55.0 Å². The molecule has 2 aliphatic rings. The Hall–Kier alpha value is -6.26. The van der Waals surface area contributed by atoms with Gasteiger partial charge in [0.1, 0.15) is 5.54 Å². The summed E-state index contributed by atoms with van der Waals surface area (Å²) in [6.45, 7) is 2.17. The van der Waals surface area contributed by atoms with Crippen LogP contribution in [-0.4, -0.2) is 21.2 Å². The summed E-state index contributed by atoms with van der Waals surface area (Å²) in [4.78, 5) is 20.1. The summed E-state index contributed by atoms with van der Waals surface area (Å²) < 4.78 is 0. The molecule has 0 saturated heterocycles. The van der Waals surface area contributed by atoms with Crippen LogP contribution in [0.5, 0.6) is 0 Å². The minimum absolute atomic E-state index is 0.128. The maximum atomic E-state index is 5.35. The highest BCUT2D eigenvalue weighted by atomic mass is 14.9. The number of aromatic nitrogens is 3. The highest BCUT2D eigenvalue weighted by molar-refractivity contribution is 6.33. The van der Waals surface area contributed by atoms with Crippen molar-refractivity contribution in [2.45, 2.75) is 12.5 Å². The summed E-state index contributed by atoms with van der Waals surface area (Å²) in [5, 5.41) is 8.54. The standard InChI is InChI=1S/C45H30N4/c1-45-31(13-9-24-48-45)26-38(36-19-10-23-46-44(36)45)30-21-22-39(47-27-30)28-11-8-12-29(25-28)43-42-35-17-5-3-15-33(35)32-14-2-4-16-34(32)41(42)37-18-6-7-20-40(37)49-43/h2-27,31H,1H3. The lowest BCUT2D eigenvalue weighted by molar-refractivity contribution is 0.402. The molecule has 2 unspecified atom stereocenters. The second-order valence-corrected chi connectivity index (χ2v) is 13.1. The molecule has 1 aliphatic heterocycles. The number of nitrogens with zero attached hydrogens (tertiary/aromatic N) is 4. The number of fused-ring (bicyclic) bond motifs is 11. The lowest BCUT2D eigenvalue weighted by Crippen LogP contribution is -2.34. The van der Waals surface area contributed by atoms with E-state index < -0.39 is 5.54 Å². The fourth-order valence-corrected chi connectivity index (χ4v) is 8.01. The smallest absolute Gasteiger partial charge is 0.110 e. The molecule has 4 nitrogen and oxygen atoms in total. The summed E-state index contributed by atoms with van der Waals surface area (Å²) in [6, 6.07) is 43.1. The van der Waals surface area contributed by atoms with Crippen LogP contribution in [0.3, 0.4) is 0 Å². The number of aliphatic imine (C=N–C) groups is 1. The van der Waals surface area contributed by atoms with Crippen LogP contribution in [0.4, 0.5) is 0 Å². The monoisotopic (exact) mass is 626 g/mol. The van der Waals surface area contributed by atoms with E-state index in [1.807, 2.05) is 30.8 Å². The highest BCUT2D eigenvalue weighted by Gasteiger charge is 2.41. The molecule has 1 aliphatic carbocycles. The van der Waals surface area contributed by atoms with E-state index in [0.29, 0.717) is 0 Å². The molecule has 0 saturated carbocycles. The molecule has 3 aromatic heterocycles. The Bertz CT molecular complexity index is 2740. The summed E-state index contributed by atoms with van der Waals surface area (Å²) in [6.07, 6.45) is 12.3. The first-order valence-corrected chi connectivity index (χ1v) is 16.8. The normalized spacial score (nSPS) is 18.1. The molecule has 2 atom stereocenters. The third kappa shape index (κ3) is 4.17. The van der Waals surface area contributed by atoms with Crippen LogP contribution in [0.25, 0.3) is 71.3 Å². The Morgan fingerprint density at radius 1 is 0.612 bits per heavy atom. The number of benzene rings is 5. The number of dihydropyridines is 1. The number of hydrogen-bond acceptors (Lipinski definition) is 4. The molecule has 0 radical (unpaired) electrons. The van der Waals surface area contributed by atoms with E-state index in [1.165, 1.54) is 37.7 Å². The van der Waals surface area contributed by atoms with Gasteiger partial charge in [0.2, 0.25) is 0 Å². The van der Waals surface area contributed by atoms with Gasteiger partial charge in [0.25, 0.3) is 0 Å². The first-order chi connectivity index (χ1) is 24.2. The van der Waals surface area contributed by atoms with Gasteiger partial charge in [0.15, 0.2) is 0 Å². The maximum Gasteiger partial charge on any atom is 0.110 e. The Morgan fingerprint density at radius 2 is 1.35 bits per heavy atom. The second-order valence-electron chi connectivity index (χ2n) is 13.1. The Morgan fingerprint density at radius 3 is 2.14 bits per heavy atom. The molecule has 49 heavy (non-hydrogen) atoms. The van der Waals surface area contributed by atoms with Crippen LogP contribution in [0.15, 0.2) is 157 Å². The van der Waals surface area contributed by atoms with Crippen molar-refractivity contribution in [3.05, 3.63) is 169 Å². The molecule has 10 rings (SSSR count). The van der Waals surface area contributed by atoms with Crippen molar-refractivity contribution in [2.75, 3.05) is 0 Å². The quantitative estimate of drug-likeness (QED) is 0.183. The van der Waals surface area contributed by atoms with Gasteiger partial charge in [-0.3, -0.25) is 15.0 Å². The SMILES string of the molecule is CC12N=CC=CC1C=C(c1ccc(-c3cccc(-c4nc5ccccc5c5c6ccccc6c6ccccc6c45)c3)nc1)c1cccnc12. The zero-order valence-electron chi connectivity index (χ0n) is 26.9. The third-order valence-corrected chi connectivity index (χ3v) is 10.4. The second kappa shape index (κ2) is 10.6. The van der Waals surface area contributed by atoms with Crippen molar-refractivity contribution in [3.8, 4) is 22.5 Å². The van der Waals surface area contributed by atoms with E-state index >= 15 is 0 Å². The van der Waals surface area contributed by atoms with Gasteiger partial charge in [-0.25, -0.2) is 4.98 Å².